The van der Waals surface area contributed by atoms with Crippen LogP contribution in [-0.4, -0.2) is 35.3 Å². The first-order valence-corrected chi connectivity index (χ1v) is 5.56. The Hall–Kier alpha value is -1.81. The number of aliphatic hydroxyl groups is 1. The predicted molar refractivity (Wildman–Crippen MR) is 63.3 cm³/mol. The van der Waals surface area contributed by atoms with E-state index >= 15 is 0 Å². The molecule has 0 saturated carbocycles. The van der Waals surface area contributed by atoms with Crippen molar-refractivity contribution in [3.8, 4) is 0 Å². The highest BCUT2D eigenvalue weighted by Gasteiger charge is 2.25. The molecule has 1 aromatic rings. The Morgan fingerprint density at radius 2 is 2.18 bits per heavy atom. The summed E-state index contributed by atoms with van der Waals surface area (Å²) >= 11 is 0. The number of nitrogens with zero attached hydrogens (tertiary/aromatic N) is 1. The number of hydrogen-bond donors (Lipinski definition) is 1. The van der Waals surface area contributed by atoms with Crippen LogP contribution in [-0.2, 0) is 11.3 Å². The number of carbonyl (C=O) groups excluding carboxylic acids is 1. The minimum absolute atomic E-state index is 0.0725. The van der Waals surface area contributed by atoms with Gasteiger partial charge in [0, 0.05) is 6.54 Å². The maximum Gasteiger partial charge on any atom is 0.410 e. The van der Waals surface area contributed by atoms with E-state index < -0.39 is 6.09 Å². The third-order valence-electron chi connectivity index (χ3n) is 2.69. The van der Waals surface area contributed by atoms with Gasteiger partial charge >= 0.3 is 6.09 Å². The second kappa shape index (κ2) is 5.50. The molecule has 90 valence electrons. The van der Waals surface area contributed by atoms with Crippen molar-refractivity contribution in [1.82, 2.24) is 4.90 Å². The number of carbonyl (C=O) groups is 1. The summed E-state index contributed by atoms with van der Waals surface area (Å²) in [6, 6.07) is 9.27. The van der Waals surface area contributed by atoms with E-state index in [1.54, 1.807) is 0 Å². The summed E-state index contributed by atoms with van der Waals surface area (Å²) in [7, 11) is 0. The Labute approximate surface area is 100 Å². The molecule has 0 aliphatic carbocycles. The Balaban J connectivity index is 1.86. The summed E-state index contributed by atoms with van der Waals surface area (Å²) in [5.41, 5.74) is 0.952. The first kappa shape index (κ1) is 11.7. The summed E-state index contributed by atoms with van der Waals surface area (Å²) in [5, 5.41) is 9.07. The Kier molecular flexibility index (Phi) is 3.77. The number of rotatable bonds is 3. The van der Waals surface area contributed by atoms with Crippen LogP contribution in [0.1, 0.15) is 5.56 Å². The largest absolute Gasteiger partial charge is 0.445 e. The van der Waals surface area contributed by atoms with Crippen molar-refractivity contribution in [2.45, 2.75) is 12.6 Å². The third-order valence-corrected chi connectivity index (χ3v) is 2.69. The molecule has 2 rings (SSSR count). The van der Waals surface area contributed by atoms with Crippen LogP contribution in [0.25, 0.3) is 0 Å². The van der Waals surface area contributed by atoms with Gasteiger partial charge in [-0.05, 0) is 5.56 Å². The lowest BCUT2D eigenvalue weighted by atomic mass is 10.2. The summed E-state index contributed by atoms with van der Waals surface area (Å²) in [4.78, 5) is 13.2. The average molecular weight is 233 g/mol. The molecule has 0 fully saturated rings. The minimum atomic E-state index is -0.391. The highest BCUT2D eigenvalue weighted by atomic mass is 16.6. The van der Waals surface area contributed by atoms with Gasteiger partial charge in [0.15, 0.2) is 0 Å². The number of ether oxygens (including phenoxy) is 1. The molecule has 0 spiro atoms. The lowest BCUT2D eigenvalue weighted by molar-refractivity contribution is 0.0841. The van der Waals surface area contributed by atoms with Crippen molar-refractivity contribution in [1.29, 1.82) is 0 Å². The molecule has 1 unspecified atom stereocenters. The first-order chi connectivity index (χ1) is 8.31. The smallest absolute Gasteiger partial charge is 0.410 e. The SMILES string of the molecule is O=C(OCc1ccccc1)N1CC=CC1CO. The third kappa shape index (κ3) is 2.85. The lowest BCUT2D eigenvalue weighted by Gasteiger charge is -2.22. The zero-order valence-electron chi connectivity index (χ0n) is 9.45. The van der Waals surface area contributed by atoms with Gasteiger partial charge in [-0.15, -0.1) is 0 Å². The molecular formula is C13H15NO3. The van der Waals surface area contributed by atoms with E-state index in [2.05, 4.69) is 0 Å². The summed E-state index contributed by atoms with van der Waals surface area (Å²) in [6.07, 6.45) is 3.27. The zero-order chi connectivity index (χ0) is 12.1. The molecule has 1 aliphatic heterocycles. The fourth-order valence-corrected chi connectivity index (χ4v) is 1.74. The molecule has 1 atom stereocenters. The molecular weight excluding hydrogens is 218 g/mol. The van der Waals surface area contributed by atoms with Gasteiger partial charge < -0.3 is 9.84 Å². The van der Waals surface area contributed by atoms with E-state index in [4.69, 9.17) is 9.84 Å². The number of aliphatic hydroxyl groups excluding tert-OH is 1. The molecule has 4 heteroatoms. The molecule has 0 saturated heterocycles. The molecule has 0 radical (unpaired) electrons. The van der Waals surface area contributed by atoms with Gasteiger partial charge in [0.25, 0.3) is 0 Å². The minimum Gasteiger partial charge on any atom is -0.445 e. The van der Waals surface area contributed by atoms with Crippen LogP contribution >= 0.6 is 0 Å². The lowest BCUT2D eigenvalue weighted by Crippen LogP contribution is -2.38. The van der Waals surface area contributed by atoms with E-state index in [1.807, 2.05) is 42.5 Å². The van der Waals surface area contributed by atoms with E-state index in [0.29, 0.717) is 6.54 Å². The Bertz CT molecular complexity index is 402. The van der Waals surface area contributed by atoms with E-state index in [9.17, 15) is 4.79 Å². The second-order valence-electron chi connectivity index (χ2n) is 3.87. The average Bonchev–Trinajstić information content (AvgIpc) is 2.85. The normalized spacial score (nSPS) is 18.4. The van der Waals surface area contributed by atoms with Gasteiger partial charge in [-0.25, -0.2) is 4.79 Å². The molecule has 0 bridgehead atoms. The van der Waals surface area contributed by atoms with Crippen molar-refractivity contribution in [2.75, 3.05) is 13.2 Å². The molecule has 17 heavy (non-hydrogen) atoms. The molecule has 1 N–H and O–H groups in total. The van der Waals surface area contributed by atoms with E-state index in [0.717, 1.165) is 5.56 Å². The van der Waals surface area contributed by atoms with Gasteiger partial charge in [-0.1, -0.05) is 42.5 Å². The zero-order valence-corrected chi connectivity index (χ0v) is 9.45. The fourth-order valence-electron chi connectivity index (χ4n) is 1.74. The summed E-state index contributed by atoms with van der Waals surface area (Å²) in [5.74, 6) is 0. The van der Waals surface area contributed by atoms with Crippen LogP contribution in [0, 0.1) is 0 Å². The first-order valence-electron chi connectivity index (χ1n) is 5.56. The second-order valence-corrected chi connectivity index (χ2v) is 3.87. The van der Waals surface area contributed by atoms with Gasteiger partial charge in [-0.2, -0.15) is 0 Å². The topological polar surface area (TPSA) is 49.8 Å². The van der Waals surface area contributed by atoms with E-state index in [-0.39, 0.29) is 19.3 Å². The van der Waals surface area contributed by atoms with Crippen LogP contribution in [0.5, 0.6) is 0 Å². The molecule has 4 nitrogen and oxygen atoms in total. The number of amides is 1. The molecule has 1 aromatic carbocycles. The van der Waals surface area contributed by atoms with Gasteiger partial charge in [0.2, 0.25) is 0 Å². The van der Waals surface area contributed by atoms with Crippen LogP contribution < -0.4 is 0 Å². The Morgan fingerprint density at radius 1 is 1.41 bits per heavy atom. The van der Waals surface area contributed by atoms with Crippen molar-refractivity contribution >= 4 is 6.09 Å². The maximum atomic E-state index is 11.7. The Morgan fingerprint density at radius 3 is 2.88 bits per heavy atom. The van der Waals surface area contributed by atoms with Crippen molar-refractivity contribution in [3.63, 3.8) is 0 Å². The maximum absolute atomic E-state index is 11.7. The number of benzene rings is 1. The van der Waals surface area contributed by atoms with Crippen molar-refractivity contribution in [2.24, 2.45) is 0 Å². The highest BCUT2D eigenvalue weighted by Crippen LogP contribution is 2.12. The molecule has 0 aromatic heterocycles. The fraction of sp³-hybridized carbons (Fsp3) is 0.308. The van der Waals surface area contributed by atoms with Crippen molar-refractivity contribution < 1.29 is 14.6 Å². The van der Waals surface area contributed by atoms with Crippen molar-refractivity contribution in [3.05, 3.63) is 48.0 Å². The quantitative estimate of drug-likeness (QED) is 0.806. The van der Waals surface area contributed by atoms with Crippen LogP contribution in [0.3, 0.4) is 0 Å². The van der Waals surface area contributed by atoms with Gasteiger partial charge in [0.1, 0.15) is 6.61 Å². The molecule has 1 aliphatic rings. The number of hydrogen-bond acceptors (Lipinski definition) is 3. The molecule has 1 heterocycles. The predicted octanol–water partition coefficient (Wildman–Crippen LogP) is 1.56. The van der Waals surface area contributed by atoms with Gasteiger partial charge in [0.05, 0.1) is 12.6 Å². The van der Waals surface area contributed by atoms with Crippen LogP contribution in [0.15, 0.2) is 42.5 Å². The highest BCUT2D eigenvalue weighted by molar-refractivity contribution is 5.69. The van der Waals surface area contributed by atoms with Crippen LogP contribution in [0.4, 0.5) is 4.79 Å². The summed E-state index contributed by atoms with van der Waals surface area (Å²) < 4.78 is 5.18. The van der Waals surface area contributed by atoms with E-state index in [1.165, 1.54) is 4.90 Å². The summed E-state index contributed by atoms with van der Waals surface area (Å²) in [6.45, 7) is 0.685. The van der Waals surface area contributed by atoms with Gasteiger partial charge in [-0.3, -0.25) is 4.90 Å². The monoisotopic (exact) mass is 233 g/mol. The standard InChI is InChI=1S/C13H15NO3/c15-9-12-7-4-8-14(12)13(16)17-10-11-5-2-1-3-6-11/h1-7,12,15H,8-10H2. The molecule has 1 amide bonds. The van der Waals surface area contributed by atoms with Crippen LogP contribution in [0.2, 0.25) is 0 Å².